The molecular weight excluding hydrogens is 372 g/mol. The van der Waals surface area contributed by atoms with Gasteiger partial charge in [-0.25, -0.2) is 14.3 Å². The molecule has 0 amide bonds. The third-order valence-corrected chi connectivity index (χ3v) is 4.58. The monoisotopic (exact) mass is 394 g/mol. The molecular formula is C22H22N2O5. The highest BCUT2D eigenvalue weighted by molar-refractivity contribution is 5.97. The molecule has 0 saturated carbocycles. The Morgan fingerprint density at radius 1 is 1.03 bits per heavy atom. The summed E-state index contributed by atoms with van der Waals surface area (Å²) in [6.45, 7) is 1.99. The summed E-state index contributed by atoms with van der Waals surface area (Å²) >= 11 is 0. The summed E-state index contributed by atoms with van der Waals surface area (Å²) in [6.07, 6.45) is 1.32. The number of aromatic nitrogens is 2. The third kappa shape index (κ3) is 3.99. The van der Waals surface area contributed by atoms with Crippen molar-refractivity contribution in [3.8, 4) is 22.7 Å². The van der Waals surface area contributed by atoms with Crippen LogP contribution in [0.3, 0.4) is 0 Å². The van der Waals surface area contributed by atoms with E-state index in [0.717, 1.165) is 12.1 Å². The van der Waals surface area contributed by atoms with Crippen molar-refractivity contribution in [1.82, 2.24) is 9.78 Å². The first kappa shape index (κ1) is 20.1. The summed E-state index contributed by atoms with van der Waals surface area (Å²) in [7, 11) is 2.90. The lowest BCUT2D eigenvalue weighted by Crippen LogP contribution is -2.06. The minimum atomic E-state index is -1.04. The number of carboxylic acid groups (broad SMARTS) is 1. The van der Waals surface area contributed by atoms with Crippen molar-refractivity contribution in [2.45, 2.75) is 19.8 Å². The number of esters is 1. The van der Waals surface area contributed by atoms with Gasteiger partial charge in [-0.2, -0.15) is 5.10 Å². The highest BCUT2D eigenvalue weighted by Gasteiger charge is 2.25. The second-order valence-electron chi connectivity index (χ2n) is 6.40. The normalized spacial score (nSPS) is 10.6. The van der Waals surface area contributed by atoms with Crippen LogP contribution in [0.4, 0.5) is 0 Å². The Morgan fingerprint density at radius 2 is 1.69 bits per heavy atom. The van der Waals surface area contributed by atoms with E-state index >= 15 is 0 Å². The third-order valence-electron chi connectivity index (χ3n) is 4.58. The van der Waals surface area contributed by atoms with Crippen LogP contribution in [0.15, 0.2) is 48.5 Å². The van der Waals surface area contributed by atoms with Gasteiger partial charge in [-0.05, 0) is 42.8 Å². The average molecular weight is 394 g/mol. The fourth-order valence-corrected chi connectivity index (χ4v) is 3.17. The second-order valence-corrected chi connectivity index (χ2v) is 6.40. The van der Waals surface area contributed by atoms with Crippen LogP contribution in [0.5, 0.6) is 5.75 Å². The molecule has 0 fully saturated rings. The van der Waals surface area contributed by atoms with Crippen LogP contribution in [0.2, 0.25) is 0 Å². The predicted octanol–water partition coefficient (Wildman–Crippen LogP) is 3.99. The zero-order valence-corrected chi connectivity index (χ0v) is 16.5. The van der Waals surface area contributed by atoms with E-state index in [4.69, 9.17) is 9.47 Å². The Balaban J connectivity index is 2.16. The number of carbonyl (C=O) groups is 2. The van der Waals surface area contributed by atoms with Crippen molar-refractivity contribution in [2.24, 2.45) is 0 Å². The number of carboxylic acids is 1. The van der Waals surface area contributed by atoms with Crippen molar-refractivity contribution >= 4 is 11.9 Å². The van der Waals surface area contributed by atoms with E-state index < -0.39 is 11.9 Å². The second kappa shape index (κ2) is 8.60. The van der Waals surface area contributed by atoms with Gasteiger partial charge < -0.3 is 14.6 Å². The summed E-state index contributed by atoms with van der Waals surface area (Å²) in [5.41, 5.74) is 2.88. The van der Waals surface area contributed by atoms with Gasteiger partial charge in [0.05, 0.1) is 31.2 Å². The molecule has 1 aromatic heterocycles. The zero-order valence-electron chi connectivity index (χ0n) is 16.5. The largest absolute Gasteiger partial charge is 0.497 e. The first-order valence-electron chi connectivity index (χ1n) is 9.18. The molecule has 3 rings (SSSR count). The number of rotatable bonds is 7. The SMILES string of the molecule is CCCc1c(C(=O)O)c(-c2ccc(C(=O)OC)cc2)nn1-c1ccc(OC)cc1. The fraction of sp³-hybridized carbons (Fsp3) is 0.227. The molecule has 29 heavy (non-hydrogen) atoms. The fourth-order valence-electron chi connectivity index (χ4n) is 3.17. The Morgan fingerprint density at radius 3 is 2.21 bits per heavy atom. The summed E-state index contributed by atoms with van der Waals surface area (Å²) in [5.74, 6) is -0.791. The number of methoxy groups -OCH3 is 2. The minimum Gasteiger partial charge on any atom is -0.497 e. The van der Waals surface area contributed by atoms with E-state index in [1.165, 1.54) is 7.11 Å². The Kier molecular flexibility index (Phi) is 5.97. The average Bonchev–Trinajstić information content (AvgIpc) is 3.13. The Bertz CT molecular complexity index is 1020. The van der Waals surface area contributed by atoms with Gasteiger partial charge in [0.25, 0.3) is 0 Å². The van der Waals surface area contributed by atoms with Crippen LogP contribution < -0.4 is 4.74 Å². The Labute approximate surface area is 168 Å². The van der Waals surface area contributed by atoms with E-state index in [-0.39, 0.29) is 5.56 Å². The summed E-state index contributed by atoms with van der Waals surface area (Å²) in [5, 5.41) is 14.5. The molecule has 3 aromatic rings. The molecule has 0 unspecified atom stereocenters. The maximum atomic E-state index is 12.1. The molecule has 0 radical (unpaired) electrons. The molecule has 7 heteroatoms. The molecule has 150 valence electrons. The van der Waals surface area contributed by atoms with Crippen molar-refractivity contribution in [1.29, 1.82) is 0 Å². The predicted molar refractivity (Wildman–Crippen MR) is 108 cm³/mol. The Hall–Kier alpha value is -3.61. The lowest BCUT2D eigenvalue weighted by molar-refractivity contribution is 0.0599. The van der Waals surface area contributed by atoms with Crippen molar-refractivity contribution in [3.63, 3.8) is 0 Å². The smallest absolute Gasteiger partial charge is 0.339 e. The molecule has 0 atom stereocenters. The molecule has 0 aliphatic heterocycles. The van der Waals surface area contributed by atoms with Gasteiger partial charge in [-0.15, -0.1) is 0 Å². The number of hydrogen-bond donors (Lipinski definition) is 1. The van der Waals surface area contributed by atoms with E-state index in [0.29, 0.717) is 34.7 Å². The van der Waals surface area contributed by atoms with Crippen molar-refractivity contribution in [3.05, 3.63) is 65.4 Å². The van der Waals surface area contributed by atoms with Crippen molar-refractivity contribution in [2.75, 3.05) is 14.2 Å². The van der Waals surface area contributed by atoms with Gasteiger partial charge in [0.1, 0.15) is 17.0 Å². The lowest BCUT2D eigenvalue weighted by Gasteiger charge is -2.08. The minimum absolute atomic E-state index is 0.161. The highest BCUT2D eigenvalue weighted by Crippen LogP contribution is 2.29. The maximum absolute atomic E-state index is 12.1. The van der Waals surface area contributed by atoms with Gasteiger partial charge in [0.15, 0.2) is 0 Å². The molecule has 1 N–H and O–H groups in total. The summed E-state index contributed by atoms with van der Waals surface area (Å²) in [4.78, 5) is 23.8. The van der Waals surface area contributed by atoms with Crippen LogP contribution in [-0.2, 0) is 11.2 Å². The first-order valence-corrected chi connectivity index (χ1v) is 9.18. The first-order chi connectivity index (χ1) is 14.0. The number of benzene rings is 2. The number of nitrogens with zero attached hydrogens (tertiary/aromatic N) is 2. The molecule has 0 spiro atoms. The molecule has 7 nitrogen and oxygen atoms in total. The van der Waals surface area contributed by atoms with Crippen molar-refractivity contribution < 1.29 is 24.2 Å². The van der Waals surface area contributed by atoms with E-state index in [1.807, 2.05) is 19.1 Å². The molecule has 0 bridgehead atoms. The van der Waals surface area contributed by atoms with Crippen LogP contribution in [0.1, 0.15) is 39.8 Å². The van der Waals surface area contributed by atoms with Gasteiger partial charge >= 0.3 is 11.9 Å². The molecule has 0 aliphatic rings. The number of carbonyl (C=O) groups excluding carboxylic acids is 1. The summed E-state index contributed by atoms with van der Waals surface area (Å²) < 4.78 is 11.6. The number of hydrogen-bond acceptors (Lipinski definition) is 5. The molecule has 0 aliphatic carbocycles. The number of ether oxygens (including phenoxy) is 2. The molecule has 0 saturated heterocycles. The molecule has 1 heterocycles. The quantitative estimate of drug-likeness (QED) is 0.610. The zero-order chi connectivity index (χ0) is 21.0. The topological polar surface area (TPSA) is 90.6 Å². The van der Waals surface area contributed by atoms with Crippen LogP contribution in [-0.4, -0.2) is 41.0 Å². The van der Waals surface area contributed by atoms with E-state index in [9.17, 15) is 14.7 Å². The van der Waals surface area contributed by atoms with Crippen LogP contribution >= 0.6 is 0 Å². The highest BCUT2D eigenvalue weighted by atomic mass is 16.5. The number of aromatic carboxylic acids is 1. The van der Waals surface area contributed by atoms with E-state index in [2.05, 4.69) is 5.10 Å². The van der Waals surface area contributed by atoms with E-state index in [1.54, 1.807) is 48.2 Å². The lowest BCUT2D eigenvalue weighted by atomic mass is 10.0. The summed E-state index contributed by atoms with van der Waals surface area (Å²) in [6, 6.07) is 13.8. The molecule has 2 aromatic carbocycles. The van der Waals surface area contributed by atoms with Gasteiger partial charge in [-0.1, -0.05) is 25.5 Å². The maximum Gasteiger partial charge on any atom is 0.339 e. The van der Waals surface area contributed by atoms with Crippen LogP contribution in [0, 0.1) is 0 Å². The van der Waals surface area contributed by atoms with Gasteiger partial charge in [0.2, 0.25) is 0 Å². The standard InChI is InChI=1S/C22H22N2O5/c1-4-5-18-19(21(25)26)20(14-6-8-15(9-7-14)22(27)29-3)23-24(18)16-10-12-17(28-2)13-11-16/h6-13H,4-5H2,1-3H3,(H,25,26). The van der Waals surface area contributed by atoms with Crippen LogP contribution in [0.25, 0.3) is 16.9 Å². The van der Waals surface area contributed by atoms with Gasteiger partial charge in [0, 0.05) is 5.56 Å². The van der Waals surface area contributed by atoms with Gasteiger partial charge in [-0.3, -0.25) is 0 Å².